The SMILES string of the molecule is Cc1cc(C)c2c(CC(=O)N3CCc4nc(C5CCCN5)ncc4C3)coc2c1. The molecular formula is C23H26N4O2. The minimum absolute atomic E-state index is 0.125. The van der Waals surface area contributed by atoms with E-state index in [9.17, 15) is 4.79 Å². The molecule has 2 aliphatic rings. The summed E-state index contributed by atoms with van der Waals surface area (Å²) >= 11 is 0. The fourth-order valence-electron chi connectivity index (χ4n) is 4.65. The average Bonchev–Trinajstić information content (AvgIpc) is 3.37. The number of fused-ring (bicyclic) bond motifs is 2. The van der Waals surface area contributed by atoms with Crippen molar-refractivity contribution in [1.82, 2.24) is 20.2 Å². The Morgan fingerprint density at radius 3 is 3.07 bits per heavy atom. The highest BCUT2D eigenvalue weighted by atomic mass is 16.3. The van der Waals surface area contributed by atoms with Crippen molar-refractivity contribution >= 4 is 16.9 Å². The summed E-state index contributed by atoms with van der Waals surface area (Å²) in [5.41, 5.74) is 6.30. The number of carbonyl (C=O) groups is 1. The van der Waals surface area contributed by atoms with Gasteiger partial charge in [0.05, 0.1) is 24.4 Å². The van der Waals surface area contributed by atoms with Crippen LogP contribution in [0, 0.1) is 13.8 Å². The molecule has 3 aromatic rings. The van der Waals surface area contributed by atoms with Crippen molar-refractivity contribution in [1.29, 1.82) is 0 Å². The lowest BCUT2D eigenvalue weighted by molar-refractivity contribution is -0.131. The first-order valence-electron chi connectivity index (χ1n) is 10.4. The van der Waals surface area contributed by atoms with Crippen molar-refractivity contribution < 1.29 is 9.21 Å². The van der Waals surface area contributed by atoms with Crippen LogP contribution in [0.25, 0.3) is 11.0 Å². The second kappa shape index (κ2) is 7.26. The highest BCUT2D eigenvalue weighted by molar-refractivity contribution is 5.90. The molecule has 0 bridgehead atoms. The van der Waals surface area contributed by atoms with Crippen LogP contribution in [-0.2, 0) is 24.2 Å². The molecule has 5 rings (SSSR count). The minimum atomic E-state index is 0.125. The summed E-state index contributed by atoms with van der Waals surface area (Å²) in [4.78, 5) is 24.3. The third kappa shape index (κ3) is 3.42. The number of benzene rings is 1. The number of aryl methyl sites for hydroxylation is 2. The van der Waals surface area contributed by atoms with Crippen LogP contribution in [0.5, 0.6) is 0 Å². The van der Waals surface area contributed by atoms with Crippen LogP contribution in [0.4, 0.5) is 0 Å². The summed E-state index contributed by atoms with van der Waals surface area (Å²) in [7, 11) is 0. The molecule has 0 spiro atoms. The molecule has 1 fully saturated rings. The zero-order valence-corrected chi connectivity index (χ0v) is 17.0. The number of nitrogens with one attached hydrogen (secondary N) is 1. The van der Waals surface area contributed by atoms with E-state index >= 15 is 0 Å². The third-order valence-corrected chi connectivity index (χ3v) is 6.11. The second-order valence-electron chi connectivity index (χ2n) is 8.31. The van der Waals surface area contributed by atoms with Crippen LogP contribution in [0.2, 0.25) is 0 Å². The summed E-state index contributed by atoms with van der Waals surface area (Å²) in [6.07, 6.45) is 7.06. The molecule has 4 heterocycles. The smallest absolute Gasteiger partial charge is 0.227 e. The molecule has 0 radical (unpaired) electrons. The zero-order chi connectivity index (χ0) is 20.0. The lowest BCUT2D eigenvalue weighted by atomic mass is 10.0. The summed E-state index contributed by atoms with van der Waals surface area (Å²) in [5, 5.41) is 4.52. The minimum Gasteiger partial charge on any atom is -0.464 e. The number of nitrogens with zero attached hydrogens (tertiary/aromatic N) is 3. The van der Waals surface area contributed by atoms with Gasteiger partial charge in [-0.25, -0.2) is 9.97 Å². The zero-order valence-electron chi connectivity index (χ0n) is 17.0. The predicted molar refractivity (Wildman–Crippen MR) is 111 cm³/mol. The van der Waals surface area contributed by atoms with Gasteiger partial charge in [-0.1, -0.05) is 6.07 Å². The Kier molecular flexibility index (Phi) is 4.59. The molecule has 6 nitrogen and oxygen atoms in total. The standard InChI is InChI=1S/C23H26N4O2/c1-14-8-15(2)22-16(13-29-20(22)9-14)10-21(28)27-7-5-18-17(12-27)11-25-23(26-18)19-4-3-6-24-19/h8-9,11,13,19,24H,3-7,10,12H2,1-2H3. The monoisotopic (exact) mass is 390 g/mol. The van der Waals surface area contributed by atoms with Crippen LogP contribution in [0.15, 0.2) is 29.0 Å². The van der Waals surface area contributed by atoms with E-state index in [0.29, 0.717) is 19.5 Å². The highest BCUT2D eigenvalue weighted by Gasteiger charge is 2.26. The molecule has 1 aromatic carbocycles. The van der Waals surface area contributed by atoms with E-state index in [0.717, 1.165) is 58.6 Å². The number of carbonyl (C=O) groups excluding carboxylic acids is 1. The molecular weight excluding hydrogens is 364 g/mol. The van der Waals surface area contributed by atoms with Crippen molar-refractivity contribution in [3.63, 3.8) is 0 Å². The molecule has 2 aliphatic heterocycles. The first-order valence-corrected chi connectivity index (χ1v) is 10.4. The maximum Gasteiger partial charge on any atom is 0.227 e. The van der Waals surface area contributed by atoms with Crippen molar-refractivity contribution in [3.8, 4) is 0 Å². The van der Waals surface area contributed by atoms with Gasteiger partial charge in [0.25, 0.3) is 0 Å². The summed E-state index contributed by atoms with van der Waals surface area (Å²) in [6.45, 7) is 6.45. The molecule has 1 N–H and O–H groups in total. The van der Waals surface area contributed by atoms with Gasteiger partial charge < -0.3 is 14.6 Å². The van der Waals surface area contributed by atoms with E-state index in [1.165, 1.54) is 12.0 Å². The Morgan fingerprint density at radius 2 is 2.24 bits per heavy atom. The van der Waals surface area contributed by atoms with Gasteiger partial charge >= 0.3 is 0 Å². The molecule has 0 saturated carbocycles. The van der Waals surface area contributed by atoms with Crippen molar-refractivity contribution in [2.24, 2.45) is 0 Å². The van der Waals surface area contributed by atoms with Crippen LogP contribution < -0.4 is 5.32 Å². The van der Waals surface area contributed by atoms with Crippen LogP contribution in [0.3, 0.4) is 0 Å². The fourth-order valence-corrected chi connectivity index (χ4v) is 4.65. The van der Waals surface area contributed by atoms with E-state index in [4.69, 9.17) is 9.40 Å². The molecule has 1 amide bonds. The molecule has 1 atom stereocenters. The quantitative estimate of drug-likeness (QED) is 0.742. The van der Waals surface area contributed by atoms with Gasteiger partial charge in [0.1, 0.15) is 11.4 Å². The average molecular weight is 390 g/mol. The lowest BCUT2D eigenvalue weighted by Gasteiger charge is -2.28. The molecule has 1 unspecified atom stereocenters. The normalized spacial score (nSPS) is 19.0. The van der Waals surface area contributed by atoms with Crippen molar-refractivity contribution in [2.75, 3.05) is 13.1 Å². The van der Waals surface area contributed by atoms with Gasteiger partial charge in [0.15, 0.2) is 0 Å². The Bertz CT molecular complexity index is 1080. The maximum absolute atomic E-state index is 13.0. The fraction of sp³-hybridized carbons (Fsp3) is 0.435. The Balaban J connectivity index is 1.32. The maximum atomic E-state index is 13.0. The first kappa shape index (κ1) is 18.3. The Hall–Kier alpha value is -2.73. The van der Waals surface area contributed by atoms with E-state index < -0.39 is 0 Å². The number of aromatic nitrogens is 2. The molecule has 1 saturated heterocycles. The van der Waals surface area contributed by atoms with Gasteiger partial charge in [-0.3, -0.25) is 4.79 Å². The van der Waals surface area contributed by atoms with Crippen LogP contribution in [-0.4, -0.2) is 33.9 Å². The molecule has 2 aromatic heterocycles. The lowest BCUT2D eigenvalue weighted by Crippen LogP contribution is -2.37. The number of amides is 1. The number of hydrogen-bond donors (Lipinski definition) is 1. The largest absolute Gasteiger partial charge is 0.464 e. The third-order valence-electron chi connectivity index (χ3n) is 6.11. The highest BCUT2D eigenvalue weighted by Crippen LogP contribution is 2.28. The number of rotatable bonds is 3. The Labute approximate surface area is 170 Å². The van der Waals surface area contributed by atoms with E-state index in [-0.39, 0.29) is 11.9 Å². The first-order chi connectivity index (χ1) is 14.1. The van der Waals surface area contributed by atoms with E-state index in [1.807, 2.05) is 17.2 Å². The summed E-state index contributed by atoms with van der Waals surface area (Å²) in [6, 6.07) is 4.44. The number of hydrogen-bond acceptors (Lipinski definition) is 5. The number of furan rings is 1. The van der Waals surface area contributed by atoms with Gasteiger partial charge in [0.2, 0.25) is 5.91 Å². The van der Waals surface area contributed by atoms with Gasteiger partial charge in [-0.2, -0.15) is 0 Å². The Morgan fingerprint density at radius 1 is 1.34 bits per heavy atom. The van der Waals surface area contributed by atoms with E-state index in [1.54, 1.807) is 6.26 Å². The molecule has 150 valence electrons. The summed E-state index contributed by atoms with van der Waals surface area (Å²) < 4.78 is 5.72. The molecule has 0 aliphatic carbocycles. The van der Waals surface area contributed by atoms with E-state index in [2.05, 4.69) is 30.2 Å². The van der Waals surface area contributed by atoms with Crippen LogP contribution >= 0.6 is 0 Å². The van der Waals surface area contributed by atoms with Crippen molar-refractivity contribution in [3.05, 3.63) is 58.4 Å². The van der Waals surface area contributed by atoms with Crippen LogP contribution in [0.1, 0.15) is 52.7 Å². The second-order valence-corrected chi connectivity index (χ2v) is 8.31. The topological polar surface area (TPSA) is 71.3 Å². The van der Waals surface area contributed by atoms with Gasteiger partial charge in [0, 0.05) is 42.2 Å². The molecule has 6 heteroatoms. The molecule has 29 heavy (non-hydrogen) atoms. The van der Waals surface area contributed by atoms with Gasteiger partial charge in [-0.15, -0.1) is 0 Å². The van der Waals surface area contributed by atoms with Gasteiger partial charge in [-0.05, 0) is 50.4 Å². The van der Waals surface area contributed by atoms with Crippen molar-refractivity contribution in [2.45, 2.75) is 52.1 Å². The summed E-state index contributed by atoms with van der Waals surface area (Å²) in [5.74, 6) is 1.02. The predicted octanol–water partition coefficient (Wildman–Crippen LogP) is 3.39.